The van der Waals surface area contributed by atoms with Crippen molar-refractivity contribution in [2.24, 2.45) is 11.3 Å². The van der Waals surface area contributed by atoms with Crippen LogP contribution in [0.2, 0.25) is 0 Å². The molecular formula is C15H23N. The van der Waals surface area contributed by atoms with Crippen LogP contribution in [0.1, 0.15) is 33.6 Å². The lowest BCUT2D eigenvalue weighted by atomic mass is 9.86. The molecular weight excluding hydrogens is 194 g/mol. The molecule has 1 heterocycles. The minimum absolute atomic E-state index is 0.204. The van der Waals surface area contributed by atoms with Crippen LogP contribution in [-0.2, 0) is 0 Å². The normalized spacial score (nSPS) is 29.3. The lowest BCUT2D eigenvalue weighted by Crippen LogP contribution is -2.26. The van der Waals surface area contributed by atoms with E-state index in [1.807, 2.05) is 0 Å². The van der Waals surface area contributed by atoms with Gasteiger partial charge in [0.15, 0.2) is 0 Å². The first-order valence-corrected chi connectivity index (χ1v) is 6.38. The minimum Gasteiger partial charge on any atom is -0.316 e. The van der Waals surface area contributed by atoms with Gasteiger partial charge >= 0.3 is 0 Å². The van der Waals surface area contributed by atoms with Gasteiger partial charge in [0, 0.05) is 5.41 Å². The second-order valence-corrected chi connectivity index (χ2v) is 5.81. The molecule has 0 spiro atoms. The fourth-order valence-corrected chi connectivity index (χ4v) is 2.56. The van der Waals surface area contributed by atoms with Crippen LogP contribution in [0.25, 0.3) is 0 Å². The van der Waals surface area contributed by atoms with Gasteiger partial charge in [-0.05, 0) is 43.0 Å². The third-order valence-electron chi connectivity index (χ3n) is 3.41. The summed E-state index contributed by atoms with van der Waals surface area (Å²) in [6.45, 7) is 9.16. The van der Waals surface area contributed by atoms with Crippen molar-refractivity contribution in [1.29, 1.82) is 0 Å². The molecule has 0 aromatic rings. The molecule has 1 nitrogen and oxygen atoms in total. The summed E-state index contributed by atoms with van der Waals surface area (Å²) in [5.74, 6) is 0.740. The molecule has 0 aromatic heterocycles. The zero-order valence-corrected chi connectivity index (χ0v) is 10.7. The fourth-order valence-electron chi connectivity index (χ4n) is 2.56. The van der Waals surface area contributed by atoms with E-state index in [2.05, 4.69) is 50.4 Å². The molecule has 0 bridgehead atoms. The van der Waals surface area contributed by atoms with Crippen molar-refractivity contribution >= 4 is 0 Å². The maximum Gasteiger partial charge on any atom is 0.00134 e. The van der Waals surface area contributed by atoms with Crippen LogP contribution in [0.5, 0.6) is 0 Å². The largest absolute Gasteiger partial charge is 0.316 e. The zero-order valence-electron chi connectivity index (χ0n) is 10.7. The molecule has 1 unspecified atom stereocenters. The average Bonchev–Trinajstić information content (AvgIpc) is 2.30. The summed E-state index contributed by atoms with van der Waals surface area (Å²) in [5, 5.41) is 3.53. The number of hydrogen-bond acceptors (Lipinski definition) is 1. The van der Waals surface area contributed by atoms with Crippen LogP contribution in [-0.4, -0.2) is 13.1 Å². The van der Waals surface area contributed by atoms with Gasteiger partial charge in [-0.15, -0.1) is 0 Å². The van der Waals surface area contributed by atoms with Gasteiger partial charge in [-0.3, -0.25) is 0 Å². The van der Waals surface area contributed by atoms with E-state index in [1.165, 1.54) is 12.8 Å². The van der Waals surface area contributed by atoms with E-state index < -0.39 is 0 Å². The maximum atomic E-state index is 3.53. The van der Waals surface area contributed by atoms with E-state index >= 15 is 0 Å². The van der Waals surface area contributed by atoms with Gasteiger partial charge in [-0.2, -0.15) is 0 Å². The van der Waals surface area contributed by atoms with Crippen LogP contribution in [0.4, 0.5) is 0 Å². The molecule has 1 aliphatic carbocycles. The molecule has 16 heavy (non-hydrogen) atoms. The van der Waals surface area contributed by atoms with Crippen molar-refractivity contribution in [1.82, 2.24) is 5.32 Å². The number of rotatable bonds is 0. The van der Waals surface area contributed by atoms with Crippen LogP contribution in [0.3, 0.4) is 0 Å². The van der Waals surface area contributed by atoms with E-state index in [0.717, 1.165) is 19.0 Å². The fraction of sp³-hybridized carbons (Fsp3) is 0.600. The lowest BCUT2D eigenvalue weighted by molar-refractivity contribution is 0.494. The lowest BCUT2D eigenvalue weighted by Gasteiger charge is -2.23. The molecule has 2 rings (SSSR count). The summed E-state index contributed by atoms with van der Waals surface area (Å²) in [5.41, 5.74) is 3.31. The Balaban J connectivity index is 2.28. The van der Waals surface area contributed by atoms with Crippen LogP contribution >= 0.6 is 0 Å². The van der Waals surface area contributed by atoms with E-state index in [4.69, 9.17) is 0 Å². The Kier molecular flexibility index (Phi) is 3.34. The van der Waals surface area contributed by atoms with Gasteiger partial charge in [0.2, 0.25) is 0 Å². The monoisotopic (exact) mass is 217 g/mol. The highest BCUT2D eigenvalue weighted by atomic mass is 14.9. The Morgan fingerprint density at radius 3 is 2.94 bits per heavy atom. The summed E-state index contributed by atoms with van der Waals surface area (Å²) >= 11 is 0. The highest BCUT2D eigenvalue weighted by molar-refractivity contribution is 5.39. The first-order chi connectivity index (χ1) is 7.57. The molecule has 88 valence electrons. The van der Waals surface area contributed by atoms with Gasteiger partial charge < -0.3 is 5.32 Å². The molecule has 1 heteroatoms. The van der Waals surface area contributed by atoms with E-state index in [-0.39, 0.29) is 5.41 Å². The van der Waals surface area contributed by atoms with Crippen molar-refractivity contribution < 1.29 is 0 Å². The van der Waals surface area contributed by atoms with Gasteiger partial charge in [0.05, 0.1) is 0 Å². The van der Waals surface area contributed by atoms with Crippen LogP contribution < -0.4 is 5.32 Å². The first kappa shape index (κ1) is 11.7. The number of allylic oxidation sites excluding steroid dienone is 5. The van der Waals surface area contributed by atoms with Gasteiger partial charge in [0.1, 0.15) is 0 Å². The maximum absolute atomic E-state index is 3.53. The van der Waals surface area contributed by atoms with Crippen molar-refractivity contribution in [3.63, 3.8) is 0 Å². The Hall–Kier alpha value is -0.820. The van der Waals surface area contributed by atoms with Gasteiger partial charge in [0.25, 0.3) is 0 Å². The molecule has 0 amide bonds. The van der Waals surface area contributed by atoms with E-state index in [0.29, 0.717) is 0 Å². The SMILES string of the molecule is CC1CNCCC2=CC(C)(C)C=CC=C2C1. The van der Waals surface area contributed by atoms with Crippen LogP contribution in [0.15, 0.2) is 35.5 Å². The molecule has 1 saturated heterocycles. The van der Waals surface area contributed by atoms with Crippen LogP contribution in [0, 0.1) is 11.3 Å². The standard InChI is InChI=1S/C15H23N/c1-12-9-13-5-4-7-15(2,3)10-14(13)6-8-16-11-12/h4-5,7,10,12,16H,6,8-9,11H2,1-3H3. The van der Waals surface area contributed by atoms with E-state index in [1.54, 1.807) is 11.1 Å². The van der Waals surface area contributed by atoms with Crippen molar-refractivity contribution in [2.45, 2.75) is 33.6 Å². The number of nitrogens with one attached hydrogen (secondary N) is 1. The highest BCUT2D eigenvalue weighted by Gasteiger charge is 2.19. The predicted molar refractivity (Wildman–Crippen MR) is 70.4 cm³/mol. The topological polar surface area (TPSA) is 12.0 Å². The van der Waals surface area contributed by atoms with Crippen molar-refractivity contribution in [3.05, 3.63) is 35.5 Å². The summed E-state index contributed by atoms with van der Waals surface area (Å²) in [4.78, 5) is 0. The average molecular weight is 217 g/mol. The third kappa shape index (κ3) is 2.85. The molecule has 0 aromatic carbocycles. The molecule has 1 fully saturated rings. The van der Waals surface area contributed by atoms with Crippen molar-refractivity contribution in [2.75, 3.05) is 13.1 Å². The third-order valence-corrected chi connectivity index (χ3v) is 3.41. The van der Waals surface area contributed by atoms with Gasteiger partial charge in [-0.1, -0.05) is 45.1 Å². The quantitative estimate of drug-likeness (QED) is 0.655. The number of fused-ring (bicyclic) bond motifs is 1. The molecule has 0 saturated carbocycles. The van der Waals surface area contributed by atoms with Gasteiger partial charge in [-0.25, -0.2) is 0 Å². The summed E-state index contributed by atoms with van der Waals surface area (Å²) in [6, 6.07) is 0. The minimum atomic E-state index is 0.204. The Labute approximate surface area is 99.3 Å². The Bertz CT molecular complexity index is 344. The Morgan fingerprint density at radius 2 is 2.12 bits per heavy atom. The smallest absolute Gasteiger partial charge is 0.00134 e. The number of hydrogen-bond donors (Lipinski definition) is 1. The second kappa shape index (κ2) is 4.58. The summed E-state index contributed by atoms with van der Waals surface area (Å²) in [7, 11) is 0. The molecule has 0 radical (unpaired) electrons. The Morgan fingerprint density at radius 1 is 1.31 bits per heavy atom. The molecule has 1 N–H and O–H groups in total. The summed E-state index contributed by atoms with van der Waals surface area (Å²) < 4.78 is 0. The predicted octanol–water partition coefficient (Wildman–Crippen LogP) is 3.45. The molecule has 2 aliphatic rings. The zero-order chi connectivity index (χ0) is 11.6. The van der Waals surface area contributed by atoms with Crippen molar-refractivity contribution in [3.8, 4) is 0 Å². The molecule has 1 aliphatic heterocycles. The van der Waals surface area contributed by atoms with E-state index in [9.17, 15) is 0 Å². The highest BCUT2D eigenvalue weighted by Crippen LogP contribution is 2.32. The summed E-state index contributed by atoms with van der Waals surface area (Å²) in [6.07, 6.45) is 11.7. The molecule has 1 atom stereocenters. The first-order valence-electron chi connectivity index (χ1n) is 6.38. The second-order valence-electron chi connectivity index (χ2n) is 5.81.